The summed E-state index contributed by atoms with van der Waals surface area (Å²) in [5.41, 5.74) is 2.01. The van der Waals surface area contributed by atoms with Gasteiger partial charge >= 0.3 is 6.03 Å². The van der Waals surface area contributed by atoms with Crippen LogP contribution in [0.1, 0.15) is 22.7 Å². The van der Waals surface area contributed by atoms with Crippen LogP contribution in [0.15, 0.2) is 35.7 Å². The van der Waals surface area contributed by atoms with Crippen molar-refractivity contribution in [1.82, 2.24) is 15.6 Å². The highest BCUT2D eigenvalue weighted by Crippen LogP contribution is 2.10. The van der Waals surface area contributed by atoms with Crippen molar-refractivity contribution in [3.05, 3.63) is 52.0 Å². The molecule has 0 atom stereocenters. The lowest BCUT2D eigenvalue weighted by atomic mass is 10.2. The Morgan fingerprint density at radius 3 is 2.82 bits per heavy atom. The number of thiazole rings is 1. The maximum atomic E-state index is 11.6. The third kappa shape index (κ3) is 5.98. The summed E-state index contributed by atoms with van der Waals surface area (Å²) in [6.07, 6.45) is 1.78. The molecular formula is C17H19N3OS. The summed E-state index contributed by atoms with van der Waals surface area (Å²) in [6, 6.07) is 9.52. The second-order valence-electron chi connectivity index (χ2n) is 4.76. The molecule has 1 aromatic carbocycles. The summed E-state index contributed by atoms with van der Waals surface area (Å²) >= 11 is 1.67. The van der Waals surface area contributed by atoms with Crippen molar-refractivity contribution in [2.24, 2.45) is 0 Å². The molecule has 0 bridgehead atoms. The molecule has 1 heterocycles. The molecule has 0 saturated carbocycles. The smallest absolute Gasteiger partial charge is 0.315 e. The van der Waals surface area contributed by atoms with Crippen LogP contribution in [0.5, 0.6) is 0 Å². The zero-order valence-electron chi connectivity index (χ0n) is 12.6. The van der Waals surface area contributed by atoms with Crippen molar-refractivity contribution in [2.45, 2.75) is 19.8 Å². The minimum Gasteiger partial charge on any atom is -0.338 e. The van der Waals surface area contributed by atoms with Gasteiger partial charge in [-0.3, -0.25) is 0 Å². The molecule has 0 saturated heterocycles. The minimum atomic E-state index is -0.183. The highest BCUT2D eigenvalue weighted by Gasteiger charge is 2.00. The van der Waals surface area contributed by atoms with E-state index >= 15 is 0 Å². The van der Waals surface area contributed by atoms with Gasteiger partial charge in [-0.1, -0.05) is 30.0 Å². The SMILES string of the molecule is Cc1csc(CCCNC(=O)NCC#Cc2ccccc2)n1. The van der Waals surface area contributed by atoms with Gasteiger partial charge in [-0.25, -0.2) is 9.78 Å². The number of nitrogens with zero attached hydrogens (tertiary/aromatic N) is 1. The summed E-state index contributed by atoms with van der Waals surface area (Å²) in [5, 5.41) is 8.70. The molecule has 22 heavy (non-hydrogen) atoms. The highest BCUT2D eigenvalue weighted by atomic mass is 32.1. The maximum absolute atomic E-state index is 11.6. The molecule has 2 aromatic rings. The molecule has 0 aliphatic heterocycles. The van der Waals surface area contributed by atoms with E-state index in [2.05, 4.69) is 27.5 Å². The number of carbonyl (C=O) groups excluding carboxylic acids is 1. The topological polar surface area (TPSA) is 54.0 Å². The lowest BCUT2D eigenvalue weighted by molar-refractivity contribution is 0.242. The predicted molar refractivity (Wildman–Crippen MR) is 89.9 cm³/mol. The van der Waals surface area contributed by atoms with E-state index in [1.807, 2.05) is 42.6 Å². The Morgan fingerprint density at radius 2 is 2.09 bits per heavy atom. The van der Waals surface area contributed by atoms with Gasteiger partial charge in [0.25, 0.3) is 0 Å². The first-order valence-electron chi connectivity index (χ1n) is 7.20. The van der Waals surface area contributed by atoms with Crippen LogP contribution in [-0.4, -0.2) is 24.1 Å². The summed E-state index contributed by atoms with van der Waals surface area (Å²) in [6.45, 7) is 2.96. The zero-order chi connectivity index (χ0) is 15.6. The zero-order valence-corrected chi connectivity index (χ0v) is 13.4. The van der Waals surface area contributed by atoms with Crippen LogP contribution in [0.4, 0.5) is 4.79 Å². The van der Waals surface area contributed by atoms with Gasteiger partial charge in [-0.15, -0.1) is 11.3 Å². The lowest BCUT2D eigenvalue weighted by Crippen LogP contribution is -2.36. The Bertz CT molecular complexity index is 655. The van der Waals surface area contributed by atoms with Crippen LogP contribution in [0, 0.1) is 18.8 Å². The number of aryl methyl sites for hydroxylation is 2. The molecule has 114 valence electrons. The maximum Gasteiger partial charge on any atom is 0.315 e. The number of hydrogen-bond acceptors (Lipinski definition) is 3. The van der Waals surface area contributed by atoms with Gasteiger partial charge in [0.05, 0.1) is 11.6 Å². The van der Waals surface area contributed by atoms with Gasteiger partial charge in [0.15, 0.2) is 0 Å². The Balaban J connectivity index is 1.57. The number of urea groups is 1. The van der Waals surface area contributed by atoms with Gasteiger partial charge in [-0.2, -0.15) is 0 Å². The molecule has 0 aliphatic rings. The highest BCUT2D eigenvalue weighted by molar-refractivity contribution is 7.09. The normalized spacial score (nSPS) is 9.68. The molecule has 0 unspecified atom stereocenters. The monoisotopic (exact) mass is 313 g/mol. The fourth-order valence-electron chi connectivity index (χ4n) is 1.81. The molecule has 0 aliphatic carbocycles. The molecular weight excluding hydrogens is 294 g/mol. The second-order valence-corrected chi connectivity index (χ2v) is 5.71. The van der Waals surface area contributed by atoms with E-state index in [1.165, 1.54) is 0 Å². The number of aromatic nitrogens is 1. The van der Waals surface area contributed by atoms with Crippen molar-refractivity contribution in [3.8, 4) is 11.8 Å². The average molecular weight is 313 g/mol. The third-order valence-corrected chi connectivity index (χ3v) is 3.89. The van der Waals surface area contributed by atoms with Crippen LogP contribution in [0.3, 0.4) is 0 Å². The van der Waals surface area contributed by atoms with Crippen LogP contribution < -0.4 is 10.6 Å². The molecule has 2 rings (SSSR count). The van der Waals surface area contributed by atoms with Crippen molar-refractivity contribution in [1.29, 1.82) is 0 Å². The molecule has 0 spiro atoms. The molecule has 2 amide bonds. The fourth-order valence-corrected chi connectivity index (χ4v) is 2.63. The summed E-state index contributed by atoms with van der Waals surface area (Å²) in [4.78, 5) is 16.0. The third-order valence-electron chi connectivity index (χ3n) is 2.86. The number of hydrogen-bond donors (Lipinski definition) is 2. The molecule has 4 nitrogen and oxygen atoms in total. The summed E-state index contributed by atoms with van der Waals surface area (Å²) in [7, 11) is 0. The van der Waals surface area contributed by atoms with E-state index in [-0.39, 0.29) is 6.03 Å². The molecule has 2 N–H and O–H groups in total. The van der Waals surface area contributed by atoms with Gasteiger partial charge in [0, 0.05) is 29.6 Å². The molecule has 0 fully saturated rings. The van der Waals surface area contributed by atoms with Gasteiger partial charge in [0.1, 0.15) is 0 Å². The van der Waals surface area contributed by atoms with Crippen LogP contribution in [-0.2, 0) is 6.42 Å². The summed E-state index contributed by atoms with van der Waals surface area (Å²) in [5.74, 6) is 5.91. The first-order chi connectivity index (χ1) is 10.7. The van der Waals surface area contributed by atoms with Gasteiger partial charge in [-0.05, 0) is 25.5 Å². The Labute approximate surface area is 135 Å². The second kappa shape index (κ2) is 8.85. The number of rotatable bonds is 5. The van der Waals surface area contributed by atoms with Crippen LogP contribution in [0.2, 0.25) is 0 Å². The van der Waals surface area contributed by atoms with Crippen molar-refractivity contribution in [3.63, 3.8) is 0 Å². The summed E-state index contributed by atoms with van der Waals surface area (Å²) < 4.78 is 0. The average Bonchev–Trinajstić information content (AvgIpc) is 2.95. The Kier molecular flexibility index (Phi) is 6.46. The molecule has 1 aromatic heterocycles. The number of nitrogens with one attached hydrogen (secondary N) is 2. The van der Waals surface area contributed by atoms with Crippen molar-refractivity contribution >= 4 is 17.4 Å². The predicted octanol–water partition coefficient (Wildman–Crippen LogP) is 2.74. The van der Waals surface area contributed by atoms with Crippen molar-refractivity contribution in [2.75, 3.05) is 13.1 Å². The molecule has 5 heteroatoms. The van der Waals surface area contributed by atoms with E-state index in [4.69, 9.17) is 0 Å². The van der Waals surface area contributed by atoms with E-state index in [9.17, 15) is 4.79 Å². The number of amides is 2. The van der Waals surface area contributed by atoms with E-state index in [0.29, 0.717) is 13.1 Å². The van der Waals surface area contributed by atoms with E-state index < -0.39 is 0 Å². The standard InChI is InChI=1S/C17H19N3OS/c1-14-13-22-16(20-14)10-6-12-19-17(21)18-11-5-9-15-7-3-2-4-8-15/h2-4,7-8,13H,6,10-12H2,1H3,(H2,18,19,21). The van der Waals surface area contributed by atoms with Crippen molar-refractivity contribution < 1.29 is 4.79 Å². The molecule has 0 radical (unpaired) electrons. The first kappa shape index (κ1) is 16.1. The van der Waals surface area contributed by atoms with Crippen LogP contribution in [0.25, 0.3) is 0 Å². The quantitative estimate of drug-likeness (QED) is 0.659. The largest absolute Gasteiger partial charge is 0.338 e. The lowest BCUT2D eigenvalue weighted by Gasteiger charge is -2.04. The minimum absolute atomic E-state index is 0.183. The Hall–Kier alpha value is -2.32. The van der Waals surface area contributed by atoms with Crippen LogP contribution >= 0.6 is 11.3 Å². The van der Waals surface area contributed by atoms with E-state index in [1.54, 1.807) is 11.3 Å². The fraction of sp³-hybridized carbons (Fsp3) is 0.294. The first-order valence-corrected chi connectivity index (χ1v) is 8.08. The van der Waals surface area contributed by atoms with E-state index in [0.717, 1.165) is 29.1 Å². The number of carbonyl (C=O) groups is 1. The number of benzene rings is 1. The van der Waals surface area contributed by atoms with Gasteiger partial charge in [0.2, 0.25) is 0 Å². The van der Waals surface area contributed by atoms with Gasteiger partial charge < -0.3 is 10.6 Å². The Morgan fingerprint density at radius 1 is 1.27 bits per heavy atom.